The van der Waals surface area contributed by atoms with Gasteiger partial charge in [-0.05, 0) is 61.5 Å². The van der Waals surface area contributed by atoms with Gasteiger partial charge in [-0.2, -0.15) is 10.1 Å². The summed E-state index contributed by atoms with van der Waals surface area (Å²) in [7, 11) is 0. The predicted molar refractivity (Wildman–Crippen MR) is 145 cm³/mol. The highest BCUT2D eigenvalue weighted by Crippen LogP contribution is 2.30. The van der Waals surface area contributed by atoms with Gasteiger partial charge in [0.25, 0.3) is 5.91 Å². The predicted octanol–water partition coefficient (Wildman–Crippen LogP) is 7.42. The lowest BCUT2D eigenvalue weighted by Gasteiger charge is -2.10. The summed E-state index contributed by atoms with van der Waals surface area (Å²) < 4.78 is 11.4. The Balaban J connectivity index is 1.34. The van der Waals surface area contributed by atoms with E-state index in [9.17, 15) is 9.59 Å². The van der Waals surface area contributed by atoms with Crippen LogP contribution in [0, 0.1) is 0 Å². The number of ether oxygens (including phenoxy) is 1. The molecule has 6 nitrogen and oxygen atoms in total. The molecule has 4 aromatic rings. The number of halogens is 2. The Hall–Kier alpha value is -4.13. The second-order valence-electron chi connectivity index (χ2n) is 8.26. The SMILES string of the molecule is CC1=NN(c2ccccc2)C(=O)/C1=C\c1ccc(-c2ccc(Cl)c(C(=O)OCc3ccccc3Cl)c2)o1. The lowest BCUT2D eigenvalue weighted by molar-refractivity contribution is -0.114. The van der Waals surface area contributed by atoms with E-state index in [1.807, 2.05) is 36.4 Å². The molecule has 0 saturated heterocycles. The smallest absolute Gasteiger partial charge is 0.340 e. The van der Waals surface area contributed by atoms with Gasteiger partial charge in [-0.15, -0.1) is 0 Å². The highest BCUT2D eigenvalue weighted by molar-refractivity contribution is 6.34. The van der Waals surface area contributed by atoms with Crippen LogP contribution in [0.5, 0.6) is 0 Å². The molecule has 184 valence electrons. The van der Waals surface area contributed by atoms with Gasteiger partial charge in [0.2, 0.25) is 0 Å². The van der Waals surface area contributed by atoms with Crippen LogP contribution in [0.1, 0.15) is 28.6 Å². The number of amides is 1. The third kappa shape index (κ3) is 5.21. The summed E-state index contributed by atoms with van der Waals surface area (Å²) in [6.45, 7) is 1.79. The molecule has 0 N–H and O–H groups in total. The van der Waals surface area contributed by atoms with Gasteiger partial charge >= 0.3 is 5.97 Å². The average Bonchev–Trinajstić information content (AvgIpc) is 3.49. The summed E-state index contributed by atoms with van der Waals surface area (Å²) in [5.74, 6) is 0.158. The Labute approximate surface area is 223 Å². The number of carbonyl (C=O) groups is 2. The van der Waals surface area contributed by atoms with Crippen molar-refractivity contribution in [2.24, 2.45) is 5.10 Å². The Morgan fingerprint density at radius 2 is 1.73 bits per heavy atom. The molecule has 0 unspecified atom stereocenters. The van der Waals surface area contributed by atoms with Gasteiger partial charge in [0, 0.05) is 16.1 Å². The number of anilines is 1. The minimum absolute atomic E-state index is 0.0203. The van der Waals surface area contributed by atoms with Crippen molar-refractivity contribution in [1.29, 1.82) is 0 Å². The molecule has 0 spiro atoms. The van der Waals surface area contributed by atoms with Crippen molar-refractivity contribution in [2.45, 2.75) is 13.5 Å². The molecule has 1 aliphatic heterocycles. The van der Waals surface area contributed by atoms with E-state index in [0.717, 1.165) is 0 Å². The number of para-hydroxylation sites is 1. The van der Waals surface area contributed by atoms with E-state index >= 15 is 0 Å². The van der Waals surface area contributed by atoms with Crippen LogP contribution in [-0.4, -0.2) is 17.6 Å². The van der Waals surface area contributed by atoms with Gasteiger partial charge in [0.15, 0.2) is 0 Å². The standard InChI is InChI=1S/C29H20Cl2N2O4/c1-18-23(28(34)33(32-18)21-8-3-2-4-9-21)16-22-12-14-27(37-22)19-11-13-26(31)24(15-19)29(35)36-17-20-7-5-6-10-25(20)30/h2-16H,17H2,1H3/b23-16-. The maximum absolute atomic E-state index is 13.0. The number of furan rings is 1. The van der Waals surface area contributed by atoms with Crippen LogP contribution in [-0.2, 0) is 16.1 Å². The largest absolute Gasteiger partial charge is 0.457 e. The van der Waals surface area contributed by atoms with Crippen LogP contribution in [0.4, 0.5) is 5.69 Å². The van der Waals surface area contributed by atoms with Crippen molar-refractivity contribution < 1.29 is 18.7 Å². The number of nitrogens with zero attached hydrogens (tertiary/aromatic N) is 2. The van der Waals surface area contributed by atoms with E-state index in [4.69, 9.17) is 32.4 Å². The molecule has 5 rings (SSSR count). The molecule has 3 aromatic carbocycles. The highest BCUT2D eigenvalue weighted by Gasteiger charge is 2.29. The second kappa shape index (κ2) is 10.5. The van der Waals surface area contributed by atoms with Gasteiger partial charge < -0.3 is 9.15 Å². The first kappa shape index (κ1) is 24.6. The maximum Gasteiger partial charge on any atom is 0.340 e. The molecule has 8 heteroatoms. The fourth-order valence-corrected chi connectivity index (χ4v) is 4.21. The molecule has 0 radical (unpaired) electrons. The Kier molecular flexibility index (Phi) is 6.95. The summed E-state index contributed by atoms with van der Waals surface area (Å²) in [5.41, 5.74) is 3.24. The molecule has 0 saturated carbocycles. The Morgan fingerprint density at radius 1 is 0.973 bits per heavy atom. The number of carbonyl (C=O) groups excluding carboxylic acids is 2. The Morgan fingerprint density at radius 3 is 2.51 bits per heavy atom. The van der Waals surface area contributed by atoms with Crippen molar-refractivity contribution in [2.75, 3.05) is 5.01 Å². The average molecular weight is 531 g/mol. The minimum atomic E-state index is -0.579. The van der Waals surface area contributed by atoms with Gasteiger partial charge in [-0.3, -0.25) is 4.79 Å². The zero-order chi connectivity index (χ0) is 25.9. The first-order valence-electron chi connectivity index (χ1n) is 11.4. The lowest BCUT2D eigenvalue weighted by Crippen LogP contribution is -2.21. The molecule has 37 heavy (non-hydrogen) atoms. The van der Waals surface area contributed by atoms with Crippen molar-refractivity contribution >= 4 is 52.6 Å². The minimum Gasteiger partial charge on any atom is -0.457 e. The quantitative estimate of drug-likeness (QED) is 0.192. The van der Waals surface area contributed by atoms with Gasteiger partial charge in [0.1, 0.15) is 18.1 Å². The van der Waals surface area contributed by atoms with Crippen molar-refractivity contribution in [3.8, 4) is 11.3 Å². The highest BCUT2D eigenvalue weighted by atomic mass is 35.5. The first-order valence-corrected chi connectivity index (χ1v) is 12.1. The third-order valence-corrected chi connectivity index (χ3v) is 6.46. The number of benzene rings is 3. The molecule has 0 atom stereocenters. The van der Waals surface area contributed by atoms with Crippen LogP contribution < -0.4 is 5.01 Å². The van der Waals surface area contributed by atoms with E-state index in [0.29, 0.717) is 44.6 Å². The third-order valence-electron chi connectivity index (χ3n) is 5.76. The van der Waals surface area contributed by atoms with Crippen LogP contribution in [0.2, 0.25) is 10.0 Å². The topological polar surface area (TPSA) is 72.1 Å². The molecule has 0 bridgehead atoms. The van der Waals surface area contributed by atoms with Crippen LogP contribution in [0.3, 0.4) is 0 Å². The molecule has 0 aliphatic carbocycles. The fraction of sp³-hybridized carbons (Fsp3) is 0.0690. The number of hydrogen-bond donors (Lipinski definition) is 0. The lowest BCUT2D eigenvalue weighted by atomic mass is 10.1. The summed E-state index contributed by atoms with van der Waals surface area (Å²) in [6.07, 6.45) is 1.66. The summed E-state index contributed by atoms with van der Waals surface area (Å²) in [5, 5.41) is 6.52. The number of hydrazone groups is 1. The first-order chi connectivity index (χ1) is 17.9. The normalized spacial score (nSPS) is 14.2. The van der Waals surface area contributed by atoms with Crippen LogP contribution in [0.15, 0.2) is 100 Å². The second-order valence-corrected chi connectivity index (χ2v) is 9.07. The van der Waals surface area contributed by atoms with Crippen molar-refractivity contribution in [3.63, 3.8) is 0 Å². The maximum atomic E-state index is 13.0. The molecule has 2 heterocycles. The Bertz CT molecular complexity index is 1560. The van der Waals surface area contributed by atoms with Gasteiger partial charge in [-0.25, -0.2) is 4.79 Å². The van der Waals surface area contributed by atoms with Gasteiger partial charge in [0.05, 0.1) is 27.6 Å². The fourth-order valence-electron chi connectivity index (χ4n) is 3.83. The summed E-state index contributed by atoms with van der Waals surface area (Å²) >= 11 is 12.4. The van der Waals surface area contributed by atoms with Gasteiger partial charge in [-0.1, -0.05) is 59.6 Å². The van der Waals surface area contributed by atoms with Crippen LogP contribution >= 0.6 is 23.2 Å². The van der Waals surface area contributed by atoms with E-state index in [1.165, 1.54) is 5.01 Å². The molecule has 1 aromatic heterocycles. The number of esters is 1. The zero-order valence-electron chi connectivity index (χ0n) is 19.7. The van der Waals surface area contributed by atoms with E-state index < -0.39 is 5.97 Å². The molecule has 1 aliphatic rings. The van der Waals surface area contributed by atoms with E-state index in [-0.39, 0.29) is 23.1 Å². The zero-order valence-corrected chi connectivity index (χ0v) is 21.2. The molecule has 0 fully saturated rings. The van der Waals surface area contributed by atoms with E-state index in [1.54, 1.807) is 61.5 Å². The molecular formula is C29H20Cl2N2O4. The summed E-state index contributed by atoms with van der Waals surface area (Å²) in [4.78, 5) is 25.7. The van der Waals surface area contributed by atoms with E-state index in [2.05, 4.69) is 5.10 Å². The molecular weight excluding hydrogens is 511 g/mol. The number of rotatable bonds is 6. The van der Waals surface area contributed by atoms with Crippen molar-refractivity contribution in [3.05, 3.63) is 117 Å². The van der Waals surface area contributed by atoms with Crippen LogP contribution in [0.25, 0.3) is 17.4 Å². The molecule has 1 amide bonds. The van der Waals surface area contributed by atoms with Crippen molar-refractivity contribution in [1.82, 2.24) is 0 Å². The monoisotopic (exact) mass is 530 g/mol. The summed E-state index contributed by atoms with van der Waals surface area (Å²) in [6, 6.07) is 24.8. The number of hydrogen-bond acceptors (Lipinski definition) is 5.